The molecule has 1 saturated heterocycles. The van der Waals surface area contributed by atoms with Crippen molar-refractivity contribution in [1.29, 1.82) is 0 Å². The highest BCUT2D eigenvalue weighted by atomic mass is 35.5. The molecule has 0 bridgehead atoms. The minimum Gasteiger partial charge on any atom is -0.388 e. The molecule has 1 aromatic rings. The van der Waals surface area contributed by atoms with Crippen molar-refractivity contribution < 1.29 is 4.39 Å². The molecule has 0 aromatic heterocycles. The molecule has 76 valence electrons. The summed E-state index contributed by atoms with van der Waals surface area (Å²) in [5.74, 6) is -0.270. The standard InChI is InChI=1S/C10H9ClFN.ClH/c11-8-2-1-7(10(12)6-8)5-9-3-4-13-9;/h1-2,5-6,13H,3-4H2;1H. The second-order valence-electron chi connectivity index (χ2n) is 3.01. The summed E-state index contributed by atoms with van der Waals surface area (Å²) in [6.45, 7) is 0.987. The summed E-state index contributed by atoms with van der Waals surface area (Å²) in [6.07, 6.45) is 2.82. The molecule has 1 aliphatic rings. The van der Waals surface area contributed by atoms with E-state index >= 15 is 0 Å². The van der Waals surface area contributed by atoms with E-state index in [4.69, 9.17) is 11.6 Å². The van der Waals surface area contributed by atoms with Gasteiger partial charge in [-0.15, -0.1) is 12.4 Å². The van der Waals surface area contributed by atoms with Gasteiger partial charge in [-0.3, -0.25) is 0 Å². The molecule has 0 unspecified atom stereocenters. The number of hydrogen-bond donors (Lipinski definition) is 1. The maximum atomic E-state index is 13.2. The maximum absolute atomic E-state index is 13.2. The minimum atomic E-state index is -0.270. The van der Waals surface area contributed by atoms with Crippen LogP contribution in [0.4, 0.5) is 4.39 Å². The molecule has 4 heteroatoms. The summed E-state index contributed by atoms with van der Waals surface area (Å²) in [5, 5.41) is 3.53. The minimum absolute atomic E-state index is 0. The van der Waals surface area contributed by atoms with Gasteiger partial charge < -0.3 is 5.32 Å². The monoisotopic (exact) mass is 233 g/mol. The number of nitrogens with one attached hydrogen (secondary N) is 1. The molecule has 0 saturated carbocycles. The van der Waals surface area contributed by atoms with E-state index in [0.717, 1.165) is 18.7 Å². The molecule has 0 radical (unpaired) electrons. The first-order valence-electron chi connectivity index (χ1n) is 4.15. The van der Waals surface area contributed by atoms with E-state index in [-0.39, 0.29) is 18.2 Å². The number of rotatable bonds is 1. The first-order chi connectivity index (χ1) is 6.25. The smallest absolute Gasteiger partial charge is 0.131 e. The van der Waals surface area contributed by atoms with Crippen LogP contribution in [0.5, 0.6) is 0 Å². The molecule has 0 aliphatic carbocycles. The van der Waals surface area contributed by atoms with Crippen molar-refractivity contribution >= 4 is 30.1 Å². The lowest BCUT2D eigenvalue weighted by atomic mass is 10.1. The molecule has 1 heterocycles. The Labute approximate surface area is 93.4 Å². The van der Waals surface area contributed by atoms with Crippen LogP contribution in [0.2, 0.25) is 5.02 Å². The van der Waals surface area contributed by atoms with Gasteiger partial charge in [0, 0.05) is 29.2 Å². The Balaban J connectivity index is 0.000000980. The second-order valence-corrected chi connectivity index (χ2v) is 3.45. The highest BCUT2D eigenvalue weighted by molar-refractivity contribution is 6.30. The van der Waals surface area contributed by atoms with Crippen LogP contribution in [0.15, 0.2) is 23.9 Å². The predicted molar refractivity (Wildman–Crippen MR) is 59.3 cm³/mol. The lowest BCUT2D eigenvalue weighted by Gasteiger charge is -2.19. The van der Waals surface area contributed by atoms with Gasteiger partial charge >= 0.3 is 0 Å². The summed E-state index contributed by atoms with van der Waals surface area (Å²) in [4.78, 5) is 0. The van der Waals surface area contributed by atoms with Crippen molar-refractivity contribution in [3.05, 3.63) is 40.3 Å². The summed E-state index contributed by atoms with van der Waals surface area (Å²) < 4.78 is 13.2. The highest BCUT2D eigenvalue weighted by Crippen LogP contribution is 2.19. The molecular weight excluding hydrogens is 224 g/mol. The lowest BCUT2D eigenvalue weighted by Crippen LogP contribution is -2.27. The van der Waals surface area contributed by atoms with Crippen molar-refractivity contribution in [2.45, 2.75) is 6.42 Å². The second kappa shape index (κ2) is 4.67. The van der Waals surface area contributed by atoms with Crippen molar-refractivity contribution in [2.24, 2.45) is 0 Å². The number of hydrogen-bond acceptors (Lipinski definition) is 1. The fraction of sp³-hybridized carbons (Fsp3) is 0.200. The van der Waals surface area contributed by atoms with E-state index in [1.807, 2.05) is 6.08 Å². The van der Waals surface area contributed by atoms with Crippen molar-refractivity contribution in [3.63, 3.8) is 0 Å². The zero-order valence-corrected chi connectivity index (χ0v) is 8.96. The normalized spacial score (nSPS) is 16.9. The zero-order valence-electron chi connectivity index (χ0n) is 7.39. The third-order valence-electron chi connectivity index (χ3n) is 2.04. The highest BCUT2D eigenvalue weighted by Gasteiger charge is 2.08. The third kappa shape index (κ3) is 2.40. The van der Waals surface area contributed by atoms with E-state index in [2.05, 4.69) is 5.32 Å². The molecule has 0 amide bonds. The van der Waals surface area contributed by atoms with Gasteiger partial charge in [-0.2, -0.15) is 0 Å². The average molecular weight is 234 g/mol. The van der Waals surface area contributed by atoms with E-state index < -0.39 is 0 Å². The van der Waals surface area contributed by atoms with E-state index in [9.17, 15) is 4.39 Å². The van der Waals surface area contributed by atoms with E-state index in [1.54, 1.807) is 12.1 Å². The van der Waals surface area contributed by atoms with Gasteiger partial charge in [-0.1, -0.05) is 17.7 Å². The first-order valence-corrected chi connectivity index (χ1v) is 4.53. The Morgan fingerprint density at radius 3 is 2.64 bits per heavy atom. The molecule has 2 rings (SSSR count). The summed E-state index contributed by atoms with van der Waals surface area (Å²) in [6, 6.07) is 4.70. The fourth-order valence-corrected chi connectivity index (χ4v) is 1.36. The Morgan fingerprint density at radius 1 is 1.43 bits per heavy atom. The van der Waals surface area contributed by atoms with Crippen LogP contribution in [0.25, 0.3) is 6.08 Å². The molecule has 0 atom stereocenters. The largest absolute Gasteiger partial charge is 0.388 e. The number of halogens is 3. The van der Waals surface area contributed by atoms with Gasteiger partial charge in [0.15, 0.2) is 0 Å². The quantitative estimate of drug-likeness (QED) is 0.786. The summed E-state index contributed by atoms with van der Waals surface area (Å²) in [7, 11) is 0. The molecule has 1 aliphatic heterocycles. The first kappa shape index (κ1) is 11.3. The van der Waals surface area contributed by atoms with Gasteiger partial charge in [0.2, 0.25) is 0 Å². The fourth-order valence-electron chi connectivity index (χ4n) is 1.20. The average Bonchev–Trinajstić information content (AvgIpc) is 1.99. The van der Waals surface area contributed by atoms with Gasteiger partial charge in [0.25, 0.3) is 0 Å². The third-order valence-corrected chi connectivity index (χ3v) is 2.27. The van der Waals surface area contributed by atoms with Crippen LogP contribution >= 0.6 is 24.0 Å². The predicted octanol–water partition coefficient (Wildman–Crippen LogP) is 3.24. The van der Waals surface area contributed by atoms with Gasteiger partial charge in [-0.25, -0.2) is 4.39 Å². The van der Waals surface area contributed by atoms with Gasteiger partial charge in [0.05, 0.1) is 0 Å². The molecule has 14 heavy (non-hydrogen) atoms. The van der Waals surface area contributed by atoms with Crippen molar-refractivity contribution in [3.8, 4) is 0 Å². The molecular formula is C10H10Cl2FN. The molecule has 1 nitrogen and oxygen atoms in total. The van der Waals surface area contributed by atoms with Crippen LogP contribution in [0.3, 0.4) is 0 Å². The zero-order chi connectivity index (χ0) is 9.26. The van der Waals surface area contributed by atoms with Crippen molar-refractivity contribution in [1.82, 2.24) is 5.32 Å². The van der Waals surface area contributed by atoms with Gasteiger partial charge in [0.1, 0.15) is 5.82 Å². The molecule has 1 fully saturated rings. The Bertz CT molecular complexity index is 357. The Hall–Kier alpha value is -0.730. The van der Waals surface area contributed by atoms with Gasteiger partial charge in [-0.05, 0) is 18.2 Å². The molecule has 1 N–H and O–H groups in total. The number of benzene rings is 1. The van der Waals surface area contributed by atoms with Crippen LogP contribution in [0, 0.1) is 5.82 Å². The van der Waals surface area contributed by atoms with Crippen LogP contribution in [-0.4, -0.2) is 6.54 Å². The Morgan fingerprint density at radius 2 is 2.14 bits per heavy atom. The lowest BCUT2D eigenvalue weighted by molar-refractivity contribution is 0.619. The SMILES string of the molecule is Cl.Fc1cc(Cl)ccc1C=C1CCN1. The van der Waals surface area contributed by atoms with E-state index in [1.165, 1.54) is 6.07 Å². The maximum Gasteiger partial charge on any atom is 0.131 e. The summed E-state index contributed by atoms with van der Waals surface area (Å²) >= 11 is 5.63. The Kier molecular flexibility index (Phi) is 3.78. The summed E-state index contributed by atoms with van der Waals surface area (Å²) in [5.41, 5.74) is 1.67. The van der Waals surface area contributed by atoms with E-state index in [0.29, 0.717) is 10.6 Å². The van der Waals surface area contributed by atoms with Crippen LogP contribution in [-0.2, 0) is 0 Å². The molecule has 1 aromatic carbocycles. The topological polar surface area (TPSA) is 12.0 Å². The van der Waals surface area contributed by atoms with Crippen LogP contribution in [0.1, 0.15) is 12.0 Å². The van der Waals surface area contributed by atoms with Crippen LogP contribution < -0.4 is 5.32 Å². The van der Waals surface area contributed by atoms with Crippen molar-refractivity contribution in [2.75, 3.05) is 6.54 Å². The molecule has 0 spiro atoms.